The van der Waals surface area contributed by atoms with Crippen LogP contribution in [0.25, 0.3) is 0 Å². The summed E-state index contributed by atoms with van der Waals surface area (Å²) in [6, 6.07) is 7.12. The number of rotatable bonds is 7. The van der Waals surface area contributed by atoms with Crippen LogP contribution in [0.5, 0.6) is 0 Å². The molecule has 0 aromatic heterocycles. The molecule has 1 aliphatic carbocycles. The Morgan fingerprint density at radius 2 is 1.89 bits per heavy atom. The van der Waals surface area contributed by atoms with Crippen molar-refractivity contribution in [3.63, 3.8) is 0 Å². The van der Waals surface area contributed by atoms with Gasteiger partial charge in [0.1, 0.15) is 6.04 Å². The molecule has 0 spiro atoms. The number of carboxylic acid groups (broad SMARTS) is 1. The second kappa shape index (κ2) is 9.19. The molecule has 1 saturated heterocycles. The van der Waals surface area contributed by atoms with Crippen LogP contribution in [0, 0.1) is 5.92 Å². The van der Waals surface area contributed by atoms with E-state index >= 15 is 0 Å². The van der Waals surface area contributed by atoms with E-state index in [4.69, 9.17) is 0 Å². The van der Waals surface area contributed by atoms with E-state index in [-0.39, 0.29) is 30.9 Å². The van der Waals surface area contributed by atoms with E-state index in [1.807, 2.05) is 36.1 Å². The lowest BCUT2D eigenvalue weighted by Crippen LogP contribution is -2.48. The maximum Gasteiger partial charge on any atom is 0.320 e. The van der Waals surface area contributed by atoms with Gasteiger partial charge < -0.3 is 15.7 Å². The van der Waals surface area contributed by atoms with Crippen LogP contribution in [0.3, 0.4) is 0 Å². The van der Waals surface area contributed by atoms with E-state index in [9.17, 15) is 19.5 Å². The molecule has 1 heterocycles. The Balaban J connectivity index is 1.53. The highest BCUT2D eigenvalue weighted by molar-refractivity contribution is 5.95. The van der Waals surface area contributed by atoms with Crippen molar-refractivity contribution in [2.75, 3.05) is 18.4 Å². The van der Waals surface area contributed by atoms with E-state index in [1.165, 1.54) is 0 Å². The number of amides is 2. The Bertz CT molecular complexity index is 736. The molecule has 2 fully saturated rings. The van der Waals surface area contributed by atoms with Crippen molar-refractivity contribution in [2.24, 2.45) is 5.92 Å². The Hall–Kier alpha value is -2.41. The van der Waals surface area contributed by atoms with E-state index in [0.717, 1.165) is 43.4 Å². The number of carbonyl (C=O) groups is 3. The number of nitrogens with zero attached hydrogens (tertiary/aromatic N) is 1. The Labute approximate surface area is 165 Å². The standard InChI is InChI=1S/C21H29N3O4/c1-2-14-7-3-5-9-16(14)23-19(25)12-22-20(26)13-24-17-10-6-4-8-15(17)11-18(24)21(27)28/h3,5,7,9,15,17-18H,2,4,6,8,10-13H2,1H3,(H,22,26)(H,23,25)(H,27,28). The third kappa shape index (κ3) is 4.70. The van der Waals surface area contributed by atoms with Crippen LogP contribution in [0.2, 0.25) is 0 Å². The van der Waals surface area contributed by atoms with Crippen molar-refractivity contribution < 1.29 is 19.5 Å². The third-order valence-electron chi connectivity index (χ3n) is 5.95. The first-order chi connectivity index (χ1) is 13.5. The lowest BCUT2D eigenvalue weighted by molar-refractivity contribution is -0.143. The highest BCUT2D eigenvalue weighted by Gasteiger charge is 2.45. The zero-order valence-corrected chi connectivity index (χ0v) is 16.3. The highest BCUT2D eigenvalue weighted by atomic mass is 16.4. The number of anilines is 1. The number of carboxylic acids is 1. The summed E-state index contributed by atoms with van der Waals surface area (Å²) in [6.07, 6.45) is 5.60. The van der Waals surface area contributed by atoms with Gasteiger partial charge >= 0.3 is 5.97 Å². The quantitative estimate of drug-likeness (QED) is 0.665. The van der Waals surface area contributed by atoms with Crippen LogP contribution in [0.15, 0.2) is 24.3 Å². The molecule has 1 aromatic rings. The molecule has 3 atom stereocenters. The maximum atomic E-state index is 12.4. The molecule has 0 radical (unpaired) electrons. The van der Waals surface area contributed by atoms with Gasteiger partial charge in [0.05, 0.1) is 13.1 Å². The summed E-state index contributed by atoms with van der Waals surface area (Å²) in [6.45, 7) is 1.91. The SMILES string of the molecule is CCc1ccccc1NC(=O)CNC(=O)CN1C(C(=O)O)CC2CCCCC21. The summed E-state index contributed by atoms with van der Waals surface area (Å²) in [7, 11) is 0. The van der Waals surface area contributed by atoms with Gasteiger partial charge in [0.2, 0.25) is 11.8 Å². The molecule has 1 aromatic carbocycles. The van der Waals surface area contributed by atoms with Crippen molar-refractivity contribution in [3.8, 4) is 0 Å². The fraction of sp³-hybridized carbons (Fsp3) is 0.571. The fourth-order valence-electron chi connectivity index (χ4n) is 4.57. The molecule has 152 valence electrons. The van der Waals surface area contributed by atoms with Crippen molar-refractivity contribution in [2.45, 2.75) is 57.5 Å². The summed E-state index contributed by atoms with van der Waals surface area (Å²) in [5, 5.41) is 15.0. The third-order valence-corrected chi connectivity index (χ3v) is 5.95. The average Bonchev–Trinajstić information content (AvgIpc) is 3.06. The highest BCUT2D eigenvalue weighted by Crippen LogP contribution is 2.39. The van der Waals surface area contributed by atoms with Gasteiger partial charge in [0.25, 0.3) is 0 Å². The molecular formula is C21H29N3O4. The number of carbonyl (C=O) groups excluding carboxylic acids is 2. The molecule has 1 aliphatic heterocycles. The van der Waals surface area contributed by atoms with Gasteiger partial charge in [-0.25, -0.2) is 0 Å². The van der Waals surface area contributed by atoms with Crippen LogP contribution in [-0.2, 0) is 20.8 Å². The second-order valence-electron chi connectivity index (χ2n) is 7.71. The van der Waals surface area contributed by atoms with Gasteiger partial charge in [-0.1, -0.05) is 38.0 Å². The number of nitrogens with one attached hydrogen (secondary N) is 2. The number of likely N-dealkylation sites (tertiary alicyclic amines) is 1. The average molecular weight is 387 g/mol. The van der Waals surface area contributed by atoms with Crippen LogP contribution < -0.4 is 10.6 Å². The van der Waals surface area contributed by atoms with Gasteiger partial charge in [0.15, 0.2) is 0 Å². The summed E-state index contributed by atoms with van der Waals surface area (Å²) in [5.41, 5.74) is 1.78. The van der Waals surface area contributed by atoms with Gasteiger partial charge in [-0.2, -0.15) is 0 Å². The predicted molar refractivity (Wildman–Crippen MR) is 106 cm³/mol. The molecule has 7 nitrogen and oxygen atoms in total. The first-order valence-corrected chi connectivity index (χ1v) is 10.1. The Morgan fingerprint density at radius 1 is 1.14 bits per heavy atom. The fourth-order valence-corrected chi connectivity index (χ4v) is 4.57. The zero-order chi connectivity index (χ0) is 20.1. The number of benzene rings is 1. The van der Waals surface area contributed by atoms with Gasteiger partial charge in [-0.3, -0.25) is 19.3 Å². The van der Waals surface area contributed by atoms with Gasteiger partial charge in [0, 0.05) is 11.7 Å². The van der Waals surface area contributed by atoms with E-state index in [0.29, 0.717) is 12.3 Å². The smallest absolute Gasteiger partial charge is 0.320 e. The van der Waals surface area contributed by atoms with Crippen molar-refractivity contribution >= 4 is 23.5 Å². The predicted octanol–water partition coefficient (Wildman–Crippen LogP) is 2.02. The molecule has 3 rings (SSSR count). The number of hydrogen-bond donors (Lipinski definition) is 3. The molecule has 3 N–H and O–H groups in total. The first kappa shape index (κ1) is 20.3. The van der Waals surface area contributed by atoms with E-state index in [2.05, 4.69) is 10.6 Å². The molecular weight excluding hydrogens is 358 g/mol. The summed E-state index contributed by atoms with van der Waals surface area (Å²) in [4.78, 5) is 38.0. The maximum absolute atomic E-state index is 12.4. The monoisotopic (exact) mass is 387 g/mol. The number of fused-ring (bicyclic) bond motifs is 1. The minimum absolute atomic E-state index is 0.0248. The molecule has 2 amide bonds. The summed E-state index contributed by atoms with van der Waals surface area (Å²) in [5.74, 6) is -1.11. The van der Waals surface area contributed by atoms with E-state index < -0.39 is 12.0 Å². The largest absolute Gasteiger partial charge is 0.480 e. The van der Waals surface area contributed by atoms with Crippen molar-refractivity contribution in [3.05, 3.63) is 29.8 Å². The topological polar surface area (TPSA) is 98.7 Å². The first-order valence-electron chi connectivity index (χ1n) is 10.1. The minimum Gasteiger partial charge on any atom is -0.480 e. The summed E-state index contributed by atoms with van der Waals surface area (Å²) < 4.78 is 0. The van der Waals surface area contributed by atoms with Crippen molar-refractivity contribution in [1.29, 1.82) is 0 Å². The molecule has 28 heavy (non-hydrogen) atoms. The van der Waals surface area contributed by atoms with Crippen LogP contribution >= 0.6 is 0 Å². The van der Waals surface area contributed by atoms with Crippen LogP contribution in [0.1, 0.15) is 44.6 Å². The molecule has 1 saturated carbocycles. The molecule has 2 aliphatic rings. The lowest BCUT2D eigenvalue weighted by atomic mass is 9.85. The number of aryl methyl sites for hydroxylation is 1. The number of aliphatic carboxylic acids is 1. The van der Waals surface area contributed by atoms with Gasteiger partial charge in [-0.05, 0) is 43.2 Å². The minimum atomic E-state index is -0.865. The number of hydrogen-bond acceptors (Lipinski definition) is 4. The zero-order valence-electron chi connectivity index (χ0n) is 16.3. The molecule has 7 heteroatoms. The Kier molecular flexibility index (Phi) is 6.67. The lowest BCUT2D eigenvalue weighted by Gasteiger charge is -2.32. The summed E-state index contributed by atoms with van der Waals surface area (Å²) >= 11 is 0. The second-order valence-corrected chi connectivity index (χ2v) is 7.71. The van der Waals surface area contributed by atoms with Crippen LogP contribution in [0.4, 0.5) is 5.69 Å². The molecule has 0 bridgehead atoms. The van der Waals surface area contributed by atoms with Crippen molar-refractivity contribution in [1.82, 2.24) is 10.2 Å². The van der Waals surface area contributed by atoms with Gasteiger partial charge in [-0.15, -0.1) is 0 Å². The number of para-hydroxylation sites is 1. The molecule has 3 unspecified atom stereocenters. The van der Waals surface area contributed by atoms with Crippen LogP contribution in [-0.4, -0.2) is 53.0 Å². The normalized spacial score (nSPS) is 24.4. The Morgan fingerprint density at radius 3 is 2.64 bits per heavy atom. The van der Waals surface area contributed by atoms with E-state index in [1.54, 1.807) is 0 Å².